The second-order valence-electron chi connectivity index (χ2n) is 15.6. The molecule has 0 unspecified atom stereocenters. The quantitative estimate of drug-likeness (QED) is 0.0534. The number of quaternary nitrogens is 1. The van der Waals surface area contributed by atoms with E-state index in [9.17, 15) is 24.6 Å². The Kier molecular flexibility index (Phi) is 12.0. The van der Waals surface area contributed by atoms with E-state index in [-0.39, 0.29) is 29.7 Å². The van der Waals surface area contributed by atoms with Crippen LogP contribution >= 0.6 is 0 Å². The molecule has 57 heavy (non-hydrogen) atoms. The average molecular weight is 769 g/mol. The number of fused-ring (bicyclic) bond motifs is 2. The van der Waals surface area contributed by atoms with Gasteiger partial charge in [-0.15, -0.1) is 0 Å². The highest BCUT2D eigenvalue weighted by Gasteiger charge is 2.28. The fourth-order valence-corrected chi connectivity index (χ4v) is 7.51. The van der Waals surface area contributed by atoms with Crippen molar-refractivity contribution < 1.29 is 29.0 Å². The number of nitrogens with zero attached hydrogens (tertiary/aromatic N) is 1. The summed E-state index contributed by atoms with van der Waals surface area (Å²) in [7, 11) is 4.39. The van der Waals surface area contributed by atoms with Crippen LogP contribution in [0.3, 0.4) is 0 Å². The van der Waals surface area contributed by atoms with Crippen molar-refractivity contribution in [1.82, 2.24) is 10.3 Å². The van der Waals surface area contributed by atoms with Crippen LogP contribution in [0.2, 0.25) is 0 Å². The van der Waals surface area contributed by atoms with Gasteiger partial charge in [-0.1, -0.05) is 72.8 Å². The number of anilines is 2. The fourth-order valence-electron chi connectivity index (χ4n) is 7.51. The number of benzene rings is 5. The molecule has 1 aliphatic rings. The average Bonchev–Trinajstić information content (AvgIpc) is 3.20. The molecule has 0 bridgehead atoms. The molecule has 11 nitrogen and oxygen atoms in total. The molecule has 1 aromatic heterocycles. The Labute approximate surface area is 331 Å². The molecule has 7 rings (SSSR count). The first-order valence-electron chi connectivity index (χ1n) is 19.5. The standard InChI is InChI=1S/C46H49N5O6/c1-51(2)24-21-36(22-25-51)57-46(56)49-40-27-30(9-14-37(40)32-6-4-3-5-7-32)10-18-43(54)48-35-13-12-33-26-31(8-11-34(33)28-35)20-23-47-29-42(53)38-15-17-41(52)45-39(38)16-19-44(55)50-45/h3-9,11-17,19,26-28,36,42,47,53H,10,18,20-25,29H2,1-2H3,(H3-,48,49,50,52,54,55,56)/p+1/t42-/m0/s1. The molecule has 2 heterocycles. The second-order valence-corrected chi connectivity index (χ2v) is 15.6. The number of aromatic hydroxyl groups is 1. The third-order valence-corrected chi connectivity index (χ3v) is 10.8. The third-order valence-electron chi connectivity index (χ3n) is 10.8. The van der Waals surface area contributed by atoms with Crippen LogP contribution in [0.4, 0.5) is 16.2 Å². The van der Waals surface area contributed by atoms with Crippen molar-refractivity contribution in [3.63, 3.8) is 0 Å². The van der Waals surface area contributed by atoms with E-state index in [1.807, 2.05) is 72.8 Å². The van der Waals surface area contributed by atoms with Crippen LogP contribution in [-0.4, -0.2) is 78.1 Å². The van der Waals surface area contributed by atoms with Gasteiger partial charge in [0.15, 0.2) is 0 Å². The number of aromatic nitrogens is 1. The van der Waals surface area contributed by atoms with Crippen LogP contribution in [0.25, 0.3) is 32.8 Å². The number of hydrogen-bond donors (Lipinski definition) is 6. The number of nitrogens with one attached hydrogen (secondary N) is 4. The Morgan fingerprint density at radius 1 is 0.842 bits per heavy atom. The molecule has 6 aromatic rings. The first-order valence-corrected chi connectivity index (χ1v) is 19.5. The van der Waals surface area contributed by atoms with Gasteiger partial charge >= 0.3 is 6.09 Å². The molecule has 294 valence electrons. The number of phenolic OH excluding ortho intramolecular Hbond substituents is 1. The van der Waals surface area contributed by atoms with Gasteiger partial charge in [-0.3, -0.25) is 14.9 Å². The predicted molar refractivity (Wildman–Crippen MR) is 226 cm³/mol. The number of amides is 2. The van der Waals surface area contributed by atoms with Gasteiger partial charge < -0.3 is 35.1 Å². The number of ether oxygens (including phenoxy) is 1. The van der Waals surface area contributed by atoms with Crippen LogP contribution in [-0.2, 0) is 22.4 Å². The molecular formula is C46H50N5O6+. The summed E-state index contributed by atoms with van der Waals surface area (Å²) in [5, 5.41) is 33.0. The number of aliphatic hydroxyl groups is 1. The number of piperidine rings is 1. The molecule has 0 radical (unpaired) electrons. The molecule has 0 saturated carbocycles. The summed E-state index contributed by atoms with van der Waals surface area (Å²) >= 11 is 0. The number of aromatic amines is 1. The molecule has 5 aromatic carbocycles. The summed E-state index contributed by atoms with van der Waals surface area (Å²) in [6.45, 7) is 2.87. The highest BCUT2D eigenvalue weighted by Crippen LogP contribution is 2.31. The maximum absolute atomic E-state index is 13.1. The van der Waals surface area contributed by atoms with Crippen molar-refractivity contribution >= 4 is 45.1 Å². The minimum absolute atomic E-state index is 0.0407. The zero-order valence-corrected chi connectivity index (χ0v) is 32.4. The van der Waals surface area contributed by atoms with E-state index in [4.69, 9.17) is 4.74 Å². The summed E-state index contributed by atoms with van der Waals surface area (Å²) in [5.74, 6) is -0.145. The van der Waals surface area contributed by atoms with Crippen molar-refractivity contribution in [2.24, 2.45) is 0 Å². The van der Waals surface area contributed by atoms with E-state index < -0.39 is 12.2 Å². The lowest BCUT2D eigenvalue weighted by molar-refractivity contribution is -0.896. The minimum Gasteiger partial charge on any atom is -0.506 e. The van der Waals surface area contributed by atoms with Gasteiger partial charge in [-0.25, -0.2) is 4.79 Å². The topological polar surface area (TPSA) is 153 Å². The van der Waals surface area contributed by atoms with E-state index in [1.54, 1.807) is 12.1 Å². The number of likely N-dealkylation sites (tertiary alicyclic amines) is 1. The van der Waals surface area contributed by atoms with Gasteiger partial charge in [0.25, 0.3) is 0 Å². The van der Waals surface area contributed by atoms with Gasteiger partial charge in [0.1, 0.15) is 11.9 Å². The highest BCUT2D eigenvalue weighted by molar-refractivity contribution is 5.95. The summed E-state index contributed by atoms with van der Waals surface area (Å²) in [6.07, 6.45) is 1.78. The maximum Gasteiger partial charge on any atom is 0.411 e. The molecule has 1 atom stereocenters. The molecule has 0 spiro atoms. The molecule has 1 saturated heterocycles. The first-order chi connectivity index (χ1) is 27.5. The van der Waals surface area contributed by atoms with Gasteiger partial charge in [-0.05, 0) is 82.7 Å². The van der Waals surface area contributed by atoms with Gasteiger partial charge in [0.2, 0.25) is 11.5 Å². The number of aliphatic hydroxyl groups excluding tert-OH is 1. The fraction of sp³-hybridized carbons (Fsp3) is 0.283. The van der Waals surface area contributed by atoms with E-state index in [0.717, 1.165) is 75.5 Å². The molecular weight excluding hydrogens is 719 g/mol. The summed E-state index contributed by atoms with van der Waals surface area (Å²) in [5.41, 5.74) is 5.91. The SMILES string of the molecule is C[N+]1(C)CCC(OC(=O)Nc2cc(CCC(=O)Nc3ccc4cc(CCNC[C@H](O)c5ccc(O)c6[nH]c(=O)ccc56)ccc4c3)ccc2-c2ccccc2)CC1. The summed E-state index contributed by atoms with van der Waals surface area (Å²) in [6, 6.07) is 34.0. The Hall–Kier alpha value is -6.01. The largest absolute Gasteiger partial charge is 0.506 e. The molecule has 2 amide bonds. The maximum atomic E-state index is 13.1. The van der Waals surface area contributed by atoms with Crippen molar-refractivity contribution in [1.29, 1.82) is 0 Å². The smallest absolute Gasteiger partial charge is 0.411 e. The van der Waals surface area contributed by atoms with Crippen molar-refractivity contribution in [2.45, 2.75) is 44.3 Å². The number of pyridine rings is 1. The molecule has 0 aliphatic carbocycles. The number of aryl methyl sites for hydroxylation is 1. The Balaban J connectivity index is 0.915. The van der Waals surface area contributed by atoms with E-state index in [0.29, 0.717) is 41.7 Å². The summed E-state index contributed by atoms with van der Waals surface area (Å²) in [4.78, 5) is 40.5. The van der Waals surface area contributed by atoms with Crippen molar-refractivity contribution in [2.75, 3.05) is 50.9 Å². The molecule has 1 fully saturated rings. The number of hydrogen-bond acceptors (Lipinski definition) is 7. The van der Waals surface area contributed by atoms with Crippen molar-refractivity contribution in [3.8, 4) is 16.9 Å². The molecule has 6 N–H and O–H groups in total. The van der Waals surface area contributed by atoms with E-state index in [1.165, 1.54) is 12.1 Å². The lowest BCUT2D eigenvalue weighted by Crippen LogP contribution is -2.48. The van der Waals surface area contributed by atoms with Crippen LogP contribution in [0.1, 0.15) is 42.1 Å². The number of rotatable bonds is 13. The van der Waals surface area contributed by atoms with Crippen LogP contribution < -0.4 is 21.5 Å². The van der Waals surface area contributed by atoms with E-state index in [2.05, 4.69) is 47.2 Å². The number of H-pyrrole nitrogens is 1. The van der Waals surface area contributed by atoms with Crippen LogP contribution in [0.5, 0.6) is 5.75 Å². The third kappa shape index (κ3) is 10.1. The second kappa shape index (κ2) is 17.4. The van der Waals surface area contributed by atoms with Crippen LogP contribution in [0, 0.1) is 0 Å². The summed E-state index contributed by atoms with van der Waals surface area (Å²) < 4.78 is 6.76. The molecule has 11 heteroatoms. The van der Waals surface area contributed by atoms with Crippen molar-refractivity contribution in [3.05, 3.63) is 136 Å². The van der Waals surface area contributed by atoms with E-state index >= 15 is 0 Å². The zero-order valence-electron chi connectivity index (χ0n) is 32.4. The van der Waals surface area contributed by atoms with Gasteiger partial charge in [-0.2, -0.15) is 0 Å². The Bertz CT molecular complexity index is 2440. The lowest BCUT2D eigenvalue weighted by Gasteiger charge is -2.36. The number of carbonyl (C=O) groups is 2. The lowest BCUT2D eigenvalue weighted by atomic mass is 9.99. The Morgan fingerprint density at radius 2 is 1.58 bits per heavy atom. The normalized spacial score (nSPS) is 14.6. The predicted octanol–water partition coefficient (Wildman–Crippen LogP) is 7.28. The number of carbonyl (C=O) groups excluding carboxylic acids is 2. The first kappa shape index (κ1) is 39.2. The van der Waals surface area contributed by atoms with Gasteiger partial charge in [0.05, 0.1) is 44.5 Å². The minimum atomic E-state index is -0.826. The monoisotopic (exact) mass is 768 g/mol. The molecule has 1 aliphatic heterocycles. The zero-order chi connectivity index (χ0) is 39.9. The van der Waals surface area contributed by atoms with Crippen LogP contribution in [0.15, 0.2) is 114 Å². The highest BCUT2D eigenvalue weighted by atomic mass is 16.6. The number of phenols is 1. The Morgan fingerprint density at radius 3 is 2.39 bits per heavy atom. The van der Waals surface area contributed by atoms with Gasteiger partial charge in [0, 0.05) is 48.5 Å².